The smallest absolute Gasteiger partial charge is 0.0547 e. The van der Waals surface area contributed by atoms with Gasteiger partial charge in [0.15, 0.2) is 0 Å². The van der Waals surface area contributed by atoms with Crippen LogP contribution >= 0.6 is 0 Å². The van der Waals surface area contributed by atoms with E-state index in [4.69, 9.17) is 11.5 Å². The van der Waals surface area contributed by atoms with E-state index in [9.17, 15) is 0 Å². The second kappa shape index (κ2) is 4.69. The van der Waals surface area contributed by atoms with E-state index in [1.165, 1.54) is 6.42 Å². The molecule has 0 aliphatic heterocycles. The summed E-state index contributed by atoms with van der Waals surface area (Å²) in [5.41, 5.74) is 11.0. The van der Waals surface area contributed by atoms with Crippen LogP contribution < -0.4 is 11.5 Å². The molecule has 0 spiro atoms. The van der Waals surface area contributed by atoms with Gasteiger partial charge in [0.05, 0.1) is 6.17 Å². The summed E-state index contributed by atoms with van der Waals surface area (Å²) in [5.74, 6) is 1.23. The van der Waals surface area contributed by atoms with Crippen LogP contribution in [0.25, 0.3) is 0 Å². The Morgan fingerprint density at radius 2 is 1.50 bits per heavy atom. The summed E-state index contributed by atoms with van der Waals surface area (Å²) in [6, 6.07) is 0. The van der Waals surface area contributed by atoms with Crippen molar-refractivity contribution in [3.05, 3.63) is 0 Å². The molecule has 10 heavy (non-hydrogen) atoms. The van der Waals surface area contributed by atoms with Gasteiger partial charge in [-0.2, -0.15) is 0 Å². The van der Waals surface area contributed by atoms with Crippen molar-refractivity contribution in [3.63, 3.8) is 0 Å². The number of nitrogens with two attached hydrogens (primary N) is 2. The quantitative estimate of drug-likeness (QED) is 0.584. The van der Waals surface area contributed by atoms with E-state index in [0.29, 0.717) is 5.92 Å². The van der Waals surface area contributed by atoms with Crippen LogP contribution in [0.3, 0.4) is 0 Å². The number of hydrogen-bond acceptors (Lipinski definition) is 2. The lowest BCUT2D eigenvalue weighted by atomic mass is 9.98. The molecule has 62 valence electrons. The van der Waals surface area contributed by atoms with Crippen LogP contribution in [0.5, 0.6) is 0 Å². The van der Waals surface area contributed by atoms with Crippen molar-refractivity contribution < 1.29 is 0 Å². The van der Waals surface area contributed by atoms with Crippen LogP contribution in [0, 0.1) is 11.8 Å². The summed E-state index contributed by atoms with van der Waals surface area (Å²) in [6.07, 6.45) is 2.24. The minimum absolute atomic E-state index is 0.140. The van der Waals surface area contributed by atoms with Gasteiger partial charge in [0.1, 0.15) is 0 Å². The second-order valence-electron chi connectivity index (χ2n) is 3.53. The average molecular weight is 144 g/mol. The maximum Gasteiger partial charge on any atom is 0.0547 e. The van der Waals surface area contributed by atoms with E-state index in [1.807, 2.05) is 0 Å². The van der Waals surface area contributed by atoms with Gasteiger partial charge in [-0.05, 0) is 18.3 Å². The minimum Gasteiger partial charge on any atom is -0.316 e. The van der Waals surface area contributed by atoms with Crippen LogP contribution in [-0.2, 0) is 0 Å². The first-order valence-electron chi connectivity index (χ1n) is 4.05. The topological polar surface area (TPSA) is 52.0 Å². The van der Waals surface area contributed by atoms with Crippen LogP contribution in [0.4, 0.5) is 0 Å². The Hall–Kier alpha value is -0.0800. The van der Waals surface area contributed by atoms with Crippen molar-refractivity contribution >= 4 is 0 Å². The summed E-state index contributed by atoms with van der Waals surface area (Å²) in [5, 5.41) is 0. The van der Waals surface area contributed by atoms with Gasteiger partial charge in [-0.15, -0.1) is 0 Å². The molecule has 0 saturated heterocycles. The Bertz CT molecular complexity index is 79.3. The monoisotopic (exact) mass is 144 g/mol. The van der Waals surface area contributed by atoms with Crippen molar-refractivity contribution in [2.24, 2.45) is 23.3 Å². The van der Waals surface area contributed by atoms with Crippen molar-refractivity contribution in [2.75, 3.05) is 0 Å². The van der Waals surface area contributed by atoms with Gasteiger partial charge in [-0.3, -0.25) is 0 Å². The van der Waals surface area contributed by atoms with Crippen LogP contribution in [0.15, 0.2) is 0 Å². The van der Waals surface area contributed by atoms with Crippen LogP contribution in [0.2, 0.25) is 0 Å². The lowest BCUT2D eigenvalue weighted by Gasteiger charge is -2.15. The first kappa shape index (κ1) is 9.92. The van der Waals surface area contributed by atoms with Gasteiger partial charge in [-0.25, -0.2) is 0 Å². The minimum atomic E-state index is -0.140. The molecule has 0 radical (unpaired) electrons. The Labute approximate surface area is 64.0 Å². The molecule has 1 atom stereocenters. The molecule has 0 saturated carbocycles. The fourth-order valence-electron chi connectivity index (χ4n) is 0.789. The van der Waals surface area contributed by atoms with E-state index < -0.39 is 0 Å². The maximum atomic E-state index is 5.50. The van der Waals surface area contributed by atoms with E-state index in [1.54, 1.807) is 0 Å². The average Bonchev–Trinajstić information content (AvgIpc) is 1.82. The highest BCUT2D eigenvalue weighted by atomic mass is 14.9. The van der Waals surface area contributed by atoms with Crippen molar-refractivity contribution in [2.45, 2.75) is 39.8 Å². The zero-order valence-electron chi connectivity index (χ0n) is 7.30. The third-order valence-electron chi connectivity index (χ3n) is 1.86. The molecule has 2 nitrogen and oxygen atoms in total. The summed E-state index contributed by atoms with van der Waals surface area (Å²) in [6.45, 7) is 6.54. The second-order valence-corrected chi connectivity index (χ2v) is 3.53. The largest absolute Gasteiger partial charge is 0.316 e. The van der Waals surface area contributed by atoms with Crippen molar-refractivity contribution in [1.29, 1.82) is 0 Å². The Balaban J connectivity index is 3.30. The molecule has 4 N–H and O–H groups in total. The van der Waals surface area contributed by atoms with E-state index in [2.05, 4.69) is 20.8 Å². The predicted octanol–water partition coefficient (Wildman–Crippen LogP) is 1.30. The molecular weight excluding hydrogens is 124 g/mol. The first-order chi connectivity index (χ1) is 4.54. The molecule has 0 aromatic heterocycles. The van der Waals surface area contributed by atoms with Crippen LogP contribution in [-0.4, -0.2) is 6.17 Å². The molecule has 0 aliphatic rings. The van der Waals surface area contributed by atoms with Crippen LogP contribution in [0.1, 0.15) is 33.6 Å². The summed E-state index contributed by atoms with van der Waals surface area (Å²) in [4.78, 5) is 0. The van der Waals surface area contributed by atoms with Gasteiger partial charge < -0.3 is 11.5 Å². The Kier molecular flexibility index (Phi) is 4.65. The van der Waals surface area contributed by atoms with E-state index in [0.717, 1.165) is 12.3 Å². The first-order valence-corrected chi connectivity index (χ1v) is 4.05. The Morgan fingerprint density at radius 3 is 1.80 bits per heavy atom. The highest BCUT2D eigenvalue weighted by Crippen LogP contribution is 2.11. The van der Waals surface area contributed by atoms with Gasteiger partial charge >= 0.3 is 0 Å². The predicted molar refractivity (Wildman–Crippen MR) is 45.4 cm³/mol. The van der Waals surface area contributed by atoms with Crippen molar-refractivity contribution in [1.82, 2.24) is 0 Å². The fourth-order valence-corrected chi connectivity index (χ4v) is 0.789. The van der Waals surface area contributed by atoms with Gasteiger partial charge in [0.2, 0.25) is 0 Å². The molecule has 0 aliphatic carbocycles. The van der Waals surface area contributed by atoms with Gasteiger partial charge in [-0.1, -0.05) is 27.2 Å². The fraction of sp³-hybridized carbons (Fsp3) is 1.00. The van der Waals surface area contributed by atoms with Gasteiger partial charge in [0, 0.05) is 0 Å². The number of rotatable bonds is 4. The third kappa shape index (κ3) is 4.77. The summed E-state index contributed by atoms with van der Waals surface area (Å²) in [7, 11) is 0. The molecule has 0 heterocycles. The molecule has 0 rings (SSSR count). The molecule has 0 aromatic rings. The molecule has 0 amide bonds. The Morgan fingerprint density at radius 1 is 1.00 bits per heavy atom. The molecule has 2 heteroatoms. The van der Waals surface area contributed by atoms with E-state index >= 15 is 0 Å². The third-order valence-corrected chi connectivity index (χ3v) is 1.86. The molecular formula is C8H20N2. The zero-order valence-corrected chi connectivity index (χ0v) is 7.30. The van der Waals surface area contributed by atoms with Crippen molar-refractivity contribution in [3.8, 4) is 0 Å². The zero-order chi connectivity index (χ0) is 8.15. The number of hydrogen-bond donors (Lipinski definition) is 2. The SMILES string of the molecule is CC(C)CCC(C)C(N)N. The standard InChI is InChI=1S/C8H20N2/c1-6(2)4-5-7(3)8(9)10/h6-8H,4-5,9-10H2,1-3H3. The maximum absolute atomic E-state index is 5.50. The van der Waals surface area contributed by atoms with Gasteiger partial charge in [0.25, 0.3) is 0 Å². The molecule has 1 unspecified atom stereocenters. The summed E-state index contributed by atoms with van der Waals surface area (Å²) >= 11 is 0. The lowest BCUT2D eigenvalue weighted by Crippen LogP contribution is -2.37. The lowest BCUT2D eigenvalue weighted by molar-refractivity contribution is 0.392. The normalized spacial score (nSPS) is 14.7. The van der Waals surface area contributed by atoms with E-state index in [-0.39, 0.29) is 6.17 Å². The highest BCUT2D eigenvalue weighted by molar-refractivity contribution is 4.62. The molecule has 0 aromatic carbocycles. The summed E-state index contributed by atoms with van der Waals surface area (Å²) < 4.78 is 0. The highest BCUT2D eigenvalue weighted by Gasteiger charge is 2.07. The molecule has 0 fully saturated rings. The molecule has 0 bridgehead atoms.